The summed E-state index contributed by atoms with van der Waals surface area (Å²) in [6.07, 6.45) is -0.416. The predicted molar refractivity (Wildman–Crippen MR) is 128 cm³/mol. The number of oxime groups is 1. The van der Waals surface area contributed by atoms with Crippen molar-refractivity contribution in [3.05, 3.63) is 39.9 Å². The molecule has 13 nitrogen and oxygen atoms in total. The number of nitrogens with two attached hydrogens (primary N) is 2. The fourth-order valence-corrected chi connectivity index (χ4v) is 5.12. The van der Waals surface area contributed by atoms with Gasteiger partial charge in [-0.15, -0.1) is 0 Å². The molecule has 1 amide bonds. The molecule has 1 aromatic carbocycles. The molecule has 1 saturated heterocycles. The number of amidine groups is 1. The topological polar surface area (TPSA) is 211 Å². The van der Waals surface area contributed by atoms with E-state index >= 15 is 0 Å². The van der Waals surface area contributed by atoms with Crippen molar-refractivity contribution < 1.29 is 32.1 Å². The second kappa shape index (κ2) is 10.6. The lowest BCUT2D eigenvalue weighted by molar-refractivity contribution is -0.147. The molecule has 0 spiro atoms. The van der Waals surface area contributed by atoms with E-state index in [1.807, 2.05) is 0 Å². The van der Waals surface area contributed by atoms with Gasteiger partial charge < -0.3 is 21.0 Å². The molecule has 1 aliphatic heterocycles. The number of Topliss-reactive ketones (excluding diaryl/α,β-unsaturated/α-hetero) is 1. The Balaban J connectivity index is 1.66. The maximum Gasteiger partial charge on any atom is 0.362 e. The van der Waals surface area contributed by atoms with Crippen LogP contribution in [0.25, 0.3) is 0 Å². The fourth-order valence-electron chi connectivity index (χ4n) is 3.26. The van der Waals surface area contributed by atoms with Gasteiger partial charge in [0, 0.05) is 12.0 Å². The van der Waals surface area contributed by atoms with Crippen molar-refractivity contribution in [1.82, 2.24) is 9.29 Å². The van der Waals surface area contributed by atoms with E-state index in [-0.39, 0.29) is 39.9 Å². The Kier molecular flexibility index (Phi) is 7.94. The molecular weight excluding hydrogens is 524 g/mol. The van der Waals surface area contributed by atoms with Crippen LogP contribution in [0.2, 0.25) is 4.34 Å². The van der Waals surface area contributed by atoms with E-state index in [0.717, 1.165) is 11.3 Å². The predicted octanol–water partition coefficient (Wildman–Crippen LogP) is 1.07. The van der Waals surface area contributed by atoms with Crippen molar-refractivity contribution in [3.63, 3.8) is 0 Å². The molecule has 3 rings (SSSR count). The monoisotopic (exact) mass is 544 g/mol. The molecule has 1 aromatic heterocycles. The van der Waals surface area contributed by atoms with Crippen molar-refractivity contribution >= 4 is 61.6 Å². The van der Waals surface area contributed by atoms with E-state index < -0.39 is 40.4 Å². The van der Waals surface area contributed by atoms with E-state index in [4.69, 9.17) is 42.6 Å². The molecule has 2 aromatic rings. The van der Waals surface area contributed by atoms with Gasteiger partial charge in [0.15, 0.2) is 23.2 Å². The molecule has 6 N–H and O–H groups in total. The zero-order valence-corrected chi connectivity index (χ0v) is 20.6. The molecule has 0 aliphatic carbocycles. The van der Waals surface area contributed by atoms with Crippen LogP contribution in [0.15, 0.2) is 29.4 Å². The smallest absolute Gasteiger partial charge is 0.362 e. The maximum absolute atomic E-state index is 12.9. The number of nitrogens with zero attached hydrogens (tertiary/aromatic N) is 3. The average molecular weight is 545 g/mol. The number of rotatable bonds is 11. The second-order valence-electron chi connectivity index (χ2n) is 7.32. The van der Waals surface area contributed by atoms with Gasteiger partial charge in [-0.1, -0.05) is 28.1 Å². The Bertz CT molecular complexity index is 1280. The number of anilines is 1. The molecule has 35 heavy (non-hydrogen) atoms. The Morgan fingerprint density at radius 3 is 2.51 bits per heavy atom. The number of thiazole rings is 1. The highest BCUT2D eigenvalue weighted by atomic mass is 35.5. The highest BCUT2D eigenvalue weighted by Gasteiger charge is 2.51. The second-order valence-corrected chi connectivity index (χ2v) is 10.2. The zero-order chi connectivity index (χ0) is 25.9. The van der Waals surface area contributed by atoms with Crippen molar-refractivity contribution in [3.8, 4) is 5.75 Å². The number of hydrogen-bond acceptors (Lipinski definition) is 11. The largest absolute Gasteiger partial charge is 0.490 e. The normalized spacial score (nSPS) is 18.2. The lowest BCUT2D eigenvalue weighted by Crippen LogP contribution is -2.62. The Hall–Kier alpha value is -3.27. The van der Waals surface area contributed by atoms with E-state index in [1.54, 1.807) is 24.3 Å². The number of nitrogens with one attached hydrogen (secondary N) is 1. The Labute approximate surface area is 209 Å². The van der Waals surface area contributed by atoms with Crippen LogP contribution in [-0.2, 0) is 24.7 Å². The summed E-state index contributed by atoms with van der Waals surface area (Å²) in [6.45, 7) is 1.37. The number of hydrogen-bond donors (Lipinski definition) is 4. The summed E-state index contributed by atoms with van der Waals surface area (Å²) in [7, 11) is -4.72. The first-order valence-electron chi connectivity index (χ1n) is 9.93. The summed E-state index contributed by atoms with van der Waals surface area (Å²) in [5, 5.41) is 11.3. The van der Waals surface area contributed by atoms with E-state index in [0.29, 0.717) is 15.6 Å². The molecule has 1 aliphatic rings. The van der Waals surface area contributed by atoms with Crippen molar-refractivity contribution in [2.45, 2.75) is 19.4 Å². The average Bonchev–Trinajstić information content (AvgIpc) is 3.11. The lowest BCUT2D eigenvalue weighted by Gasteiger charge is -2.41. The number of halogens is 1. The number of carbonyl (C=O) groups is 2. The Morgan fingerprint density at radius 2 is 2.00 bits per heavy atom. The van der Waals surface area contributed by atoms with Crippen molar-refractivity contribution in [2.24, 2.45) is 16.8 Å². The summed E-state index contributed by atoms with van der Waals surface area (Å²) >= 11 is 7.02. The number of ether oxygens (including phenoxy) is 1. The van der Waals surface area contributed by atoms with Crippen LogP contribution in [0.4, 0.5) is 5.13 Å². The summed E-state index contributed by atoms with van der Waals surface area (Å²) in [4.78, 5) is 34.3. The van der Waals surface area contributed by atoms with E-state index in [2.05, 4.69) is 10.1 Å². The Morgan fingerprint density at radius 1 is 1.34 bits per heavy atom. The summed E-state index contributed by atoms with van der Waals surface area (Å²) in [5.41, 5.74) is 11.3. The van der Waals surface area contributed by atoms with Crippen LogP contribution in [0, 0.1) is 11.3 Å². The molecule has 1 fully saturated rings. The third kappa shape index (κ3) is 6.05. The minimum atomic E-state index is -4.72. The molecule has 0 saturated carbocycles. The third-order valence-electron chi connectivity index (χ3n) is 5.00. The van der Waals surface area contributed by atoms with Crippen molar-refractivity contribution in [1.29, 1.82) is 5.41 Å². The molecule has 188 valence electrons. The van der Waals surface area contributed by atoms with Gasteiger partial charge in [0.2, 0.25) is 5.91 Å². The van der Waals surface area contributed by atoms with Crippen molar-refractivity contribution in [2.75, 3.05) is 18.9 Å². The quantitative estimate of drug-likeness (QED) is 0.0788. The lowest BCUT2D eigenvalue weighted by atomic mass is 9.86. The van der Waals surface area contributed by atoms with Crippen LogP contribution in [-0.4, -0.2) is 64.8 Å². The highest BCUT2D eigenvalue weighted by molar-refractivity contribution is 7.84. The number of aromatic nitrogens is 1. The van der Waals surface area contributed by atoms with Gasteiger partial charge in [0.25, 0.3) is 0 Å². The fraction of sp³-hybridized carbons (Fsp3) is 0.316. The van der Waals surface area contributed by atoms with Gasteiger partial charge in [-0.3, -0.25) is 19.6 Å². The van der Waals surface area contributed by atoms with Gasteiger partial charge in [-0.25, -0.2) is 9.29 Å². The molecule has 0 bridgehead atoms. The number of benzene rings is 1. The summed E-state index contributed by atoms with van der Waals surface area (Å²) < 4.78 is 37.6. The van der Waals surface area contributed by atoms with Gasteiger partial charge >= 0.3 is 10.3 Å². The van der Waals surface area contributed by atoms with Crippen LogP contribution < -0.4 is 16.2 Å². The first kappa shape index (κ1) is 26.3. The zero-order valence-electron chi connectivity index (χ0n) is 18.2. The van der Waals surface area contributed by atoms with Gasteiger partial charge in [-0.2, -0.15) is 8.42 Å². The van der Waals surface area contributed by atoms with Gasteiger partial charge in [0.1, 0.15) is 28.2 Å². The number of β-lactam (4-membered cyclic amide) rings is 1. The first-order chi connectivity index (χ1) is 16.4. The van der Waals surface area contributed by atoms with E-state index in [1.165, 1.54) is 6.92 Å². The number of amides is 1. The molecule has 16 heteroatoms. The van der Waals surface area contributed by atoms with Gasteiger partial charge in [0.05, 0.1) is 12.0 Å². The summed E-state index contributed by atoms with van der Waals surface area (Å²) in [5.74, 6) is -2.17. The molecule has 2 heterocycles. The first-order valence-corrected chi connectivity index (χ1v) is 12.5. The minimum Gasteiger partial charge on any atom is -0.490 e. The van der Waals surface area contributed by atoms with E-state index in [9.17, 15) is 18.0 Å². The maximum atomic E-state index is 12.9. The molecular formula is C19H21ClN6O7S2. The number of ketones is 1. The minimum absolute atomic E-state index is 0.0361. The SMILES string of the molecule is C[C@H]1[C@H](CC(=O)/C(=N\OCCOc2ccc(C(=N)N)cc2)c2nc(N)sc2Cl)C(=O)N1S(=O)(=O)O. The van der Waals surface area contributed by atoms with Crippen LogP contribution in [0.1, 0.15) is 24.6 Å². The number of carbonyl (C=O) groups excluding carboxylic acids is 2. The van der Waals surface area contributed by atoms with Crippen LogP contribution >= 0.6 is 22.9 Å². The van der Waals surface area contributed by atoms with Crippen LogP contribution in [0.5, 0.6) is 5.75 Å². The summed E-state index contributed by atoms with van der Waals surface area (Å²) in [6, 6.07) is 5.56. The highest BCUT2D eigenvalue weighted by Crippen LogP contribution is 2.33. The third-order valence-corrected chi connectivity index (χ3v) is 7.09. The van der Waals surface area contributed by atoms with Gasteiger partial charge in [-0.05, 0) is 31.2 Å². The molecule has 0 unspecified atom stereocenters. The molecule has 0 radical (unpaired) electrons. The van der Waals surface area contributed by atoms with Crippen LogP contribution in [0.3, 0.4) is 0 Å². The standard InChI is InChI=1S/C19H21ClN6O7S2/c1-9-12(18(28)26(9)35(29,30)31)8-13(27)14(15-16(20)34-19(23)24-15)25-33-7-6-32-11-4-2-10(3-5-11)17(21)22/h2-5,9,12H,6-8H2,1H3,(H3,21,22)(H2,23,24)(H,29,30,31)/b25-14+/t9-,12-/m0/s1. The number of nitrogen functional groups attached to an aromatic ring is 2. The molecule has 2 atom stereocenters.